The molecule has 2 aromatic rings. The Balaban J connectivity index is 2.14. The van der Waals surface area contributed by atoms with E-state index in [1.54, 1.807) is 55.8 Å². The number of ketones is 2. The Labute approximate surface area is 133 Å². The summed E-state index contributed by atoms with van der Waals surface area (Å²) in [5, 5.41) is 0. The molecule has 0 bridgehead atoms. The van der Waals surface area contributed by atoms with Gasteiger partial charge >= 0.3 is 0 Å². The van der Waals surface area contributed by atoms with Crippen molar-refractivity contribution in [3.05, 3.63) is 71.1 Å². The fourth-order valence-electron chi connectivity index (χ4n) is 2.38. The van der Waals surface area contributed by atoms with Gasteiger partial charge in [0.2, 0.25) is 23.2 Å². The molecule has 0 atom stereocenters. The number of hydrogen-bond donors (Lipinski definition) is 0. The van der Waals surface area contributed by atoms with Crippen LogP contribution in [0.4, 0.5) is 0 Å². The van der Waals surface area contributed by atoms with Gasteiger partial charge in [0.25, 0.3) is 0 Å². The Morgan fingerprint density at radius 3 is 2.48 bits per heavy atom. The van der Waals surface area contributed by atoms with Crippen LogP contribution in [0.2, 0.25) is 0 Å². The van der Waals surface area contributed by atoms with E-state index in [1.807, 2.05) is 6.92 Å². The van der Waals surface area contributed by atoms with Crippen LogP contribution in [0.15, 0.2) is 52.0 Å². The first kappa shape index (κ1) is 14.8. The molecule has 1 heterocycles. The lowest BCUT2D eigenvalue weighted by molar-refractivity contribution is 0.0958. The monoisotopic (exact) mass is 306 g/mol. The number of allylic oxidation sites excluding steroid dienone is 3. The highest BCUT2D eigenvalue weighted by atomic mass is 16.4. The molecule has 1 aliphatic rings. The first-order valence-corrected chi connectivity index (χ1v) is 7.17. The molecule has 5 nitrogen and oxygen atoms in total. The maximum Gasteiger partial charge on any atom is 0.231 e. The van der Waals surface area contributed by atoms with Crippen molar-refractivity contribution in [2.75, 3.05) is 0 Å². The summed E-state index contributed by atoms with van der Waals surface area (Å²) >= 11 is 0. The van der Waals surface area contributed by atoms with Crippen LogP contribution < -0.4 is 0 Å². The number of hydrogen-bond acceptors (Lipinski definition) is 5. The van der Waals surface area contributed by atoms with Crippen LogP contribution in [0.5, 0.6) is 0 Å². The zero-order chi connectivity index (χ0) is 16.4. The van der Waals surface area contributed by atoms with Gasteiger partial charge in [-0.25, -0.2) is 4.98 Å². The van der Waals surface area contributed by atoms with Crippen LogP contribution >= 0.6 is 0 Å². The molecule has 1 aromatic heterocycles. The van der Waals surface area contributed by atoms with Gasteiger partial charge in [0, 0.05) is 23.5 Å². The van der Waals surface area contributed by atoms with Gasteiger partial charge < -0.3 is 4.42 Å². The van der Waals surface area contributed by atoms with Gasteiger partial charge in [0.15, 0.2) is 5.69 Å². The Morgan fingerprint density at radius 1 is 1.13 bits per heavy atom. The normalized spacial score (nSPS) is 14.6. The second-order valence-electron chi connectivity index (χ2n) is 4.89. The molecule has 114 valence electrons. The molecule has 0 saturated heterocycles. The molecule has 0 N–H and O–H groups in total. The smallest absolute Gasteiger partial charge is 0.231 e. The summed E-state index contributed by atoms with van der Waals surface area (Å²) in [4.78, 5) is 33.3. The molecule has 3 rings (SSSR count). The fourth-order valence-corrected chi connectivity index (χ4v) is 2.38. The molecule has 0 saturated carbocycles. The molecule has 0 spiro atoms. The largest absolute Gasteiger partial charge is 0.432 e. The second-order valence-corrected chi connectivity index (χ2v) is 4.89. The van der Waals surface area contributed by atoms with E-state index in [1.165, 1.54) is 0 Å². The molecular weight excluding hydrogens is 292 g/mol. The van der Waals surface area contributed by atoms with Gasteiger partial charge in [0.1, 0.15) is 0 Å². The number of nitrogens with zero attached hydrogens (tertiary/aromatic N) is 2. The quantitative estimate of drug-likeness (QED) is 0.548. The van der Waals surface area contributed by atoms with Gasteiger partial charge in [-0.05, 0) is 13.8 Å². The summed E-state index contributed by atoms with van der Waals surface area (Å²) in [6.45, 7) is 3.63. The maximum absolute atomic E-state index is 12.5. The summed E-state index contributed by atoms with van der Waals surface area (Å²) in [7, 11) is 0. The number of rotatable bonds is 3. The zero-order valence-corrected chi connectivity index (χ0v) is 12.7. The van der Waals surface area contributed by atoms with E-state index in [9.17, 15) is 9.59 Å². The standard InChI is InChI=1S/C18H14N2O3/c1-3-7-11(10-19-4-2)18-20-14-15(21)12-8-5-6-9-13(12)16(22)17(14)23-18/h3-10H,1-2H3/b7-3-,11-10+,19-4?. The SMILES string of the molecule is CC=N/C=C(\C=C/C)c1nc2c(o1)C(=O)c1ccccc1C2=O. The number of carbonyl (C=O) groups excluding carboxylic acids is 2. The first-order chi connectivity index (χ1) is 11.2. The topological polar surface area (TPSA) is 72.5 Å². The van der Waals surface area contributed by atoms with Crippen molar-refractivity contribution in [2.24, 2.45) is 4.99 Å². The predicted octanol–water partition coefficient (Wildman–Crippen LogP) is 3.46. The van der Waals surface area contributed by atoms with Gasteiger partial charge in [-0.15, -0.1) is 0 Å². The van der Waals surface area contributed by atoms with E-state index >= 15 is 0 Å². The van der Waals surface area contributed by atoms with Crippen LogP contribution in [0.1, 0.15) is 51.9 Å². The molecule has 0 amide bonds. The van der Waals surface area contributed by atoms with Crippen molar-refractivity contribution in [1.29, 1.82) is 0 Å². The van der Waals surface area contributed by atoms with E-state index in [0.29, 0.717) is 16.7 Å². The molecule has 0 unspecified atom stereocenters. The predicted molar refractivity (Wildman–Crippen MR) is 86.8 cm³/mol. The van der Waals surface area contributed by atoms with E-state index < -0.39 is 0 Å². The lowest BCUT2D eigenvalue weighted by Gasteiger charge is -2.10. The third kappa shape index (κ3) is 2.46. The molecule has 1 aromatic carbocycles. The molecule has 23 heavy (non-hydrogen) atoms. The van der Waals surface area contributed by atoms with E-state index in [2.05, 4.69) is 9.98 Å². The first-order valence-electron chi connectivity index (χ1n) is 7.17. The van der Waals surface area contributed by atoms with Crippen molar-refractivity contribution in [3.8, 4) is 0 Å². The fraction of sp³-hybridized carbons (Fsp3) is 0.111. The van der Waals surface area contributed by atoms with Crippen molar-refractivity contribution in [1.82, 2.24) is 4.98 Å². The van der Waals surface area contributed by atoms with Crippen LogP contribution in [0.25, 0.3) is 5.57 Å². The van der Waals surface area contributed by atoms with Crippen LogP contribution in [-0.4, -0.2) is 22.8 Å². The lowest BCUT2D eigenvalue weighted by atomic mass is 9.91. The molecule has 1 aliphatic carbocycles. The van der Waals surface area contributed by atoms with E-state index in [0.717, 1.165) is 0 Å². The average Bonchev–Trinajstić information content (AvgIpc) is 3.02. The number of fused-ring (bicyclic) bond motifs is 2. The molecule has 0 fully saturated rings. The minimum Gasteiger partial charge on any atom is -0.432 e. The summed E-state index contributed by atoms with van der Waals surface area (Å²) in [5.41, 5.74) is 1.34. The summed E-state index contributed by atoms with van der Waals surface area (Å²) in [6, 6.07) is 6.67. The van der Waals surface area contributed by atoms with Gasteiger partial charge in [0.05, 0.1) is 5.57 Å². The average molecular weight is 306 g/mol. The molecular formula is C18H14N2O3. The molecule has 5 heteroatoms. The van der Waals surface area contributed by atoms with E-state index in [4.69, 9.17) is 4.42 Å². The minimum atomic E-state index is -0.326. The van der Waals surface area contributed by atoms with Crippen molar-refractivity contribution < 1.29 is 14.0 Å². The zero-order valence-electron chi connectivity index (χ0n) is 12.7. The van der Waals surface area contributed by atoms with Crippen LogP contribution in [0, 0.1) is 0 Å². The number of oxazole rings is 1. The van der Waals surface area contributed by atoms with Gasteiger partial charge in [-0.2, -0.15) is 0 Å². The summed E-state index contributed by atoms with van der Waals surface area (Å²) in [5.74, 6) is -0.440. The Bertz CT molecular complexity index is 833. The number of aliphatic imine (C=N–C) groups is 1. The maximum atomic E-state index is 12.5. The highest BCUT2D eigenvalue weighted by Gasteiger charge is 2.35. The third-order valence-electron chi connectivity index (χ3n) is 3.42. The molecule has 0 aliphatic heterocycles. The van der Waals surface area contributed by atoms with Crippen LogP contribution in [0.3, 0.4) is 0 Å². The van der Waals surface area contributed by atoms with Crippen molar-refractivity contribution in [3.63, 3.8) is 0 Å². The Morgan fingerprint density at radius 2 is 1.83 bits per heavy atom. The number of aromatic nitrogens is 1. The van der Waals surface area contributed by atoms with Crippen molar-refractivity contribution >= 4 is 23.4 Å². The summed E-state index contributed by atoms with van der Waals surface area (Å²) in [6.07, 6.45) is 6.75. The Hall–Kier alpha value is -3.08. The van der Waals surface area contributed by atoms with E-state index in [-0.39, 0.29) is 28.9 Å². The van der Waals surface area contributed by atoms with Gasteiger partial charge in [-0.3, -0.25) is 14.6 Å². The number of benzene rings is 1. The van der Waals surface area contributed by atoms with Crippen molar-refractivity contribution in [2.45, 2.75) is 13.8 Å². The third-order valence-corrected chi connectivity index (χ3v) is 3.42. The minimum absolute atomic E-state index is 0.0143. The lowest BCUT2D eigenvalue weighted by Crippen LogP contribution is -2.19. The number of carbonyl (C=O) groups is 2. The highest BCUT2D eigenvalue weighted by molar-refractivity contribution is 6.26. The molecule has 0 radical (unpaired) electrons. The van der Waals surface area contributed by atoms with Crippen LogP contribution in [-0.2, 0) is 0 Å². The van der Waals surface area contributed by atoms with Gasteiger partial charge in [-0.1, -0.05) is 36.4 Å². The second kappa shape index (κ2) is 5.96. The highest BCUT2D eigenvalue weighted by Crippen LogP contribution is 2.29. The summed E-state index contributed by atoms with van der Waals surface area (Å²) < 4.78 is 5.58. The Kier molecular flexibility index (Phi) is 3.85.